The van der Waals surface area contributed by atoms with Crippen LogP contribution in [-0.4, -0.2) is 41.2 Å². The first-order valence-electron chi connectivity index (χ1n) is 12.1. The number of carbonyl (C=O) groups excluding carboxylic acids is 2. The third kappa shape index (κ3) is 7.02. The van der Waals surface area contributed by atoms with Crippen LogP contribution in [0.5, 0.6) is 0 Å². The first-order valence-corrected chi connectivity index (χ1v) is 12.1. The summed E-state index contributed by atoms with van der Waals surface area (Å²) < 4.78 is 6.09. The van der Waals surface area contributed by atoms with Crippen LogP contribution in [0, 0.1) is 0 Å². The highest BCUT2D eigenvalue weighted by atomic mass is 16.4. The predicted molar refractivity (Wildman–Crippen MR) is 126 cm³/mol. The van der Waals surface area contributed by atoms with Crippen LogP contribution in [0.4, 0.5) is 0 Å². The molecule has 32 heavy (non-hydrogen) atoms. The van der Waals surface area contributed by atoms with Gasteiger partial charge in [-0.15, -0.1) is 0 Å². The number of unbranched alkanes of at least 4 members (excludes halogenated alkanes) is 2. The monoisotopic (exact) mass is 439 g/mol. The molecule has 2 atom stereocenters. The molecular weight excluding hydrogens is 402 g/mol. The fourth-order valence-electron chi connectivity index (χ4n) is 4.32. The number of Topliss-reactive ketones (excluding diaryl/α,β-unsaturated/α-hetero) is 1. The van der Waals surface area contributed by atoms with Crippen molar-refractivity contribution in [3.05, 3.63) is 42.4 Å². The zero-order chi connectivity index (χ0) is 22.8. The number of hydrogen-bond donors (Lipinski definition) is 1. The van der Waals surface area contributed by atoms with Crippen molar-refractivity contribution in [1.82, 2.24) is 15.2 Å². The van der Waals surface area contributed by atoms with Crippen molar-refractivity contribution in [1.29, 1.82) is 0 Å². The smallest absolute Gasteiger partial charge is 0.237 e. The van der Waals surface area contributed by atoms with Crippen molar-refractivity contribution in [2.24, 2.45) is 0 Å². The van der Waals surface area contributed by atoms with E-state index in [1.807, 2.05) is 44.3 Å². The van der Waals surface area contributed by atoms with Crippen LogP contribution < -0.4 is 5.32 Å². The van der Waals surface area contributed by atoms with Crippen LogP contribution in [0.1, 0.15) is 83.1 Å². The zero-order valence-corrected chi connectivity index (χ0v) is 19.5. The summed E-state index contributed by atoms with van der Waals surface area (Å²) >= 11 is 0. The molecule has 1 aromatic carbocycles. The molecule has 1 aromatic heterocycles. The number of carbonyl (C=O) groups is 2. The molecule has 1 fully saturated rings. The SMILES string of the molecule is CCC(=O)CCCCC[C@H](NC(=O)[C@@H]1CCCCCN1C)c1ncc(-c2ccccc2)o1. The average Bonchev–Trinajstić information content (AvgIpc) is 3.20. The molecule has 2 heterocycles. The Kier molecular flexibility index (Phi) is 9.47. The maximum absolute atomic E-state index is 13.2. The zero-order valence-electron chi connectivity index (χ0n) is 19.5. The van der Waals surface area contributed by atoms with Gasteiger partial charge < -0.3 is 9.73 Å². The van der Waals surface area contributed by atoms with Gasteiger partial charge in [0, 0.05) is 18.4 Å². The van der Waals surface area contributed by atoms with E-state index < -0.39 is 0 Å². The Balaban J connectivity index is 1.67. The topological polar surface area (TPSA) is 75.4 Å². The van der Waals surface area contributed by atoms with Gasteiger partial charge in [0.25, 0.3) is 0 Å². The Bertz CT molecular complexity index is 849. The van der Waals surface area contributed by atoms with E-state index in [-0.39, 0.29) is 18.0 Å². The first kappa shape index (κ1) is 24.2. The molecule has 6 nitrogen and oxygen atoms in total. The van der Waals surface area contributed by atoms with Crippen molar-refractivity contribution in [3.63, 3.8) is 0 Å². The minimum absolute atomic E-state index is 0.0556. The number of likely N-dealkylation sites (N-methyl/N-ethyl adjacent to an activating group) is 1. The van der Waals surface area contributed by atoms with Crippen molar-refractivity contribution < 1.29 is 14.0 Å². The van der Waals surface area contributed by atoms with Gasteiger partial charge in [0.05, 0.1) is 12.2 Å². The number of amides is 1. The number of aromatic nitrogens is 1. The fourth-order valence-corrected chi connectivity index (χ4v) is 4.32. The van der Waals surface area contributed by atoms with Crippen LogP contribution in [0.2, 0.25) is 0 Å². The lowest BCUT2D eigenvalue weighted by atomic mass is 10.0. The molecule has 2 aromatic rings. The Hall–Kier alpha value is -2.47. The Morgan fingerprint density at radius 2 is 1.97 bits per heavy atom. The van der Waals surface area contributed by atoms with E-state index in [0.29, 0.717) is 30.3 Å². The minimum atomic E-state index is -0.265. The lowest BCUT2D eigenvalue weighted by Gasteiger charge is -2.26. The molecule has 0 saturated carbocycles. The van der Waals surface area contributed by atoms with Gasteiger partial charge in [-0.3, -0.25) is 14.5 Å². The standard InChI is InChI=1S/C26H37N3O3/c1-3-21(30)15-9-5-10-16-22(28-25(31)23-17-11-6-12-18-29(23)2)26-27-19-24(32-26)20-13-7-4-8-14-20/h4,7-8,13-14,19,22-23H,3,5-6,9-12,15-18H2,1-2H3,(H,28,31)/t22-,23-/m0/s1. The summed E-state index contributed by atoms with van der Waals surface area (Å²) in [5, 5.41) is 3.23. The summed E-state index contributed by atoms with van der Waals surface area (Å²) in [6, 6.07) is 9.51. The van der Waals surface area contributed by atoms with Crippen molar-refractivity contribution in [3.8, 4) is 11.3 Å². The van der Waals surface area contributed by atoms with Gasteiger partial charge in [-0.2, -0.15) is 0 Å². The second kappa shape index (κ2) is 12.5. The second-order valence-electron chi connectivity index (χ2n) is 8.83. The maximum atomic E-state index is 13.2. The summed E-state index contributed by atoms with van der Waals surface area (Å²) in [4.78, 5) is 31.4. The maximum Gasteiger partial charge on any atom is 0.237 e. The summed E-state index contributed by atoms with van der Waals surface area (Å²) in [6.45, 7) is 2.86. The largest absolute Gasteiger partial charge is 0.438 e. The van der Waals surface area contributed by atoms with Crippen LogP contribution in [-0.2, 0) is 9.59 Å². The number of nitrogens with one attached hydrogen (secondary N) is 1. The van der Waals surface area contributed by atoms with Crippen LogP contribution >= 0.6 is 0 Å². The van der Waals surface area contributed by atoms with Crippen LogP contribution in [0.25, 0.3) is 11.3 Å². The molecule has 0 spiro atoms. The molecule has 1 aliphatic rings. The molecule has 1 aliphatic heterocycles. The molecule has 174 valence electrons. The molecule has 1 N–H and O–H groups in total. The third-order valence-corrected chi connectivity index (χ3v) is 6.36. The van der Waals surface area contributed by atoms with E-state index in [2.05, 4.69) is 15.2 Å². The number of nitrogens with zero attached hydrogens (tertiary/aromatic N) is 2. The van der Waals surface area contributed by atoms with E-state index in [0.717, 1.165) is 57.1 Å². The molecule has 0 bridgehead atoms. The van der Waals surface area contributed by atoms with Crippen molar-refractivity contribution >= 4 is 11.7 Å². The molecule has 0 unspecified atom stereocenters. The molecule has 0 aliphatic carbocycles. The van der Waals surface area contributed by atoms with Crippen molar-refractivity contribution in [2.45, 2.75) is 83.2 Å². The Labute approximate surface area is 191 Å². The Morgan fingerprint density at radius 3 is 2.75 bits per heavy atom. The summed E-state index contributed by atoms with van der Waals surface area (Å²) in [6.07, 6.45) is 10.8. The van der Waals surface area contributed by atoms with Crippen molar-refractivity contribution in [2.75, 3.05) is 13.6 Å². The van der Waals surface area contributed by atoms with E-state index in [1.54, 1.807) is 6.20 Å². The number of hydrogen-bond acceptors (Lipinski definition) is 5. The third-order valence-electron chi connectivity index (χ3n) is 6.36. The van der Waals surface area contributed by atoms with Gasteiger partial charge in [0.15, 0.2) is 5.76 Å². The lowest BCUT2D eigenvalue weighted by Crippen LogP contribution is -2.45. The number of likely N-dealkylation sites (tertiary alicyclic amines) is 1. The predicted octanol–water partition coefficient (Wildman–Crippen LogP) is 5.30. The fraction of sp³-hybridized carbons (Fsp3) is 0.577. The highest BCUT2D eigenvalue weighted by Crippen LogP contribution is 2.26. The molecule has 3 rings (SSSR count). The summed E-state index contributed by atoms with van der Waals surface area (Å²) in [5.41, 5.74) is 0.970. The quantitative estimate of drug-likeness (QED) is 0.481. The van der Waals surface area contributed by atoms with Gasteiger partial charge in [0.1, 0.15) is 11.8 Å². The van der Waals surface area contributed by atoms with Gasteiger partial charge in [-0.1, -0.05) is 62.9 Å². The summed E-state index contributed by atoms with van der Waals surface area (Å²) in [7, 11) is 2.04. The number of rotatable bonds is 11. The highest BCUT2D eigenvalue weighted by Gasteiger charge is 2.28. The van der Waals surface area contributed by atoms with Crippen LogP contribution in [0.15, 0.2) is 40.9 Å². The second-order valence-corrected chi connectivity index (χ2v) is 8.83. The normalized spacial score (nSPS) is 18.1. The Morgan fingerprint density at radius 1 is 1.16 bits per heavy atom. The molecule has 1 saturated heterocycles. The van der Waals surface area contributed by atoms with E-state index in [1.165, 1.54) is 6.42 Å². The van der Waals surface area contributed by atoms with E-state index in [9.17, 15) is 9.59 Å². The molecular formula is C26H37N3O3. The molecule has 6 heteroatoms. The van der Waals surface area contributed by atoms with E-state index in [4.69, 9.17) is 4.42 Å². The van der Waals surface area contributed by atoms with Gasteiger partial charge >= 0.3 is 0 Å². The van der Waals surface area contributed by atoms with Gasteiger partial charge in [0.2, 0.25) is 11.8 Å². The molecule has 0 radical (unpaired) electrons. The number of oxazole rings is 1. The van der Waals surface area contributed by atoms with Crippen LogP contribution in [0.3, 0.4) is 0 Å². The van der Waals surface area contributed by atoms with Gasteiger partial charge in [-0.05, 0) is 39.3 Å². The number of benzene rings is 1. The number of ketones is 1. The van der Waals surface area contributed by atoms with Gasteiger partial charge in [-0.25, -0.2) is 4.98 Å². The first-order chi connectivity index (χ1) is 15.6. The minimum Gasteiger partial charge on any atom is -0.438 e. The highest BCUT2D eigenvalue weighted by molar-refractivity contribution is 5.82. The average molecular weight is 440 g/mol. The molecule has 1 amide bonds. The summed E-state index contributed by atoms with van der Waals surface area (Å²) in [5.74, 6) is 1.63. The van der Waals surface area contributed by atoms with E-state index >= 15 is 0 Å². The lowest BCUT2D eigenvalue weighted by molar-refractivity contribution is -0.127.